The van der Waals surface area contributed by atoms with Crippen molar-refractivity contribution < 1.29 is 27.2 Å². The van der Waals surface area contributed by atoms with Crippen LogP contribution in [-0.2, 0) is 24.4 Å². The molecule has 4 saturated heterocycles. The van der Waals surface area contributed by atoms with Gasteiger partial charge in [-0.2, -0.15) is 0 Å². The smallest absolute Gasteiger partial charge is 0.234 e. The molecule has 62 heavy (non-hydrogen) atoms. The number of nitrogens with zero attached hydrogens (tertiary/aromatic N) is 7. The van der Waals surface area contributed by atoms with Crippen LogP contribution in [0.15, 0.2) is 48.8 Å². The highest BCUT2D eigenvalue weighted by molar-refractivity contribution is 7.92. The van der Waals surface area contributed by atoms with Gasteiger partial charge in [0.1, 0.15) is 5.82 Å². The highest BCUT2D eigenvalue weighted by Crippen LogP contribution is 2.43. The lowest BCUT2D eigenvalue weighted by Crippen LogP contribution is -2.44. The molecule has 4 N–H and O–H groups in total. The molecule has 0 bridgehead atoms. The Morgan fingerprint density at radius 2 is 1.69 bits per heavy atom. The van der Waals surface area contributed by atoms with Crippen LogP contribution in [0.4, 0.5) is 21.8 Å². The largest absolute Gasteiger partial charge is 0.368 e. The van der Waals surface area contributed by atoms with Gasteiger partial charge < -0.3 is 20.4 Å². The van der Waals surface area contributed by atoms with Crippen LogP contribution in [0.25, 0.3) is 21.8 Å². The first-order valence-electron chi connectivity index (χ1n) is 21.9. The number of nitrogen functional groups attached to an aromatic ring is 1. The zero-order valence-electron chi connectivity index (χ0n) is 35.1. The number of imide groups is 1. The van der Waals surface area contributed by atoms with Crippen LogP contribution >= 0.6 is 11.3 Å². The standard InChI is InChI=1S/C44H55FN10O5S2/c1-2-24-62(59,60)52-34-5-3-4-33(39(34)45)40-41(35-10-17-47-44(46)49-35)61-43(51-40)30-15-18-53(19-16-30)27-29-13-22-55(23-14-29)38(57)25-28-11-20-54(21-12-28)36-8-6-31(26-48-36)32-7-9-37(56)50-42(32)58/h3-6,8,10,17,26,28-30,32,52H,2,7,9,11-16,18-25,27H2,1H3,(H2,46,47,49)(H,50,56,58)/t32-/m1/s1. The quantitative estimate of drug-likeness (QED) is 0.137. The Morgan fingerprint density at radius 1 is 0.935 bits per heavy atom. The fraction of sp³-hybridized carbons (Fsp3) is 0.523. The summed E-state index contributed by atoms with van der Waals surface area (Å²) in [4.78, 5) is 62.8. The van der Waals surface area contributed by atoms with E-state index in [9.17, 15) is 22.8 Å². The molecule has 3 amide bonds. The van der Waals surface area contributed by atoms with E-state index < -0.39 is 15.8 Å². The zero-order valence-corrected chi connectivity index (χ0v) is 36.7. The topological polar surface area (TPSA) is 197 Å². The molecule has 4 aliphatic rings. The van der Waals surface area contributed by atoms with Gasteiger partial charge in [-0.15, -0.1) is 11.3 Å². The number of hydrogen-bond donors (Lipinski definition) is 3. The predicted octanol–water partition coefficient (Wildman–Crippen LogP) is 5.78. The summed E-state index contributed by atoms with van der Waals surface area (Å²) >= 11 is 1.47. The molecule has 1 aromatic carbocycles. The fourth-order valence-corrected chi connectivity index (χ4v) is 11.6. The number of nitrogens with two attached hydrogens (primary N) is 1. The molecule has 0 unspecified atom stereocenters. The third kappa shape index (κ3) is 10.2. The van der Waals surface area contributed by atoms with E-state index in [0.717, 1.165) is 101 Å². The Kier molecular flexibility index (Phi) is 13.4. The number of nitrogens with one attached hydrogen (secondary N) is 2. The summed E-state index contributed by atoms with van der Waals surface area (Å²) in [7, 11) is -3.71. The summed E-state index contributed by atoms with van der Waals surface area (Å²) in [5, 5.41) is 3.31. The van der Waals surface area contributed by atoms with Gasteiger partial charge in [0.25, 0.3) is 0 Å². The molecule has 18 heteroatoms. The van der Waals surface area contributed by atoms with Crippen LogP contribution in [0.2, 0.25) is 0 Å². The van der Waals surface area contributed by atoms with Crippen LogP contribution in [-0.4, -0.2) is 107 Å². The molecule has 4 aliphatic heterocycles. The van der Waals surface area contributed by atoms with Gasteiger partial charge in [-0.05, 0) is 106 Å². The number of halogens is 1. The summed E-state index contributed by atoms with van der Waals surface area (Å²) in [6, 6.07) is 10.3. The van der Waals surface area contributed by atoms with E-state index in [4.69, 9.17) is 10.7 Å². The number of hydrogen-bond acceptors (Lipinski definition) is 13. The van der Waals surface area contributed by atoms with Gasteiger partial charge in [-0.25, -0.2) is 32.7 Å². The minimum absolute atomic E-state index is 0.0953. The number of thiazole rings is 1. The van der Waals surface area contributed by atoms with Crippen LogP contribution in [0.1, 0.15) is 93.5 Å². The number of carbonyl (C=O) groups is 3. The molecule has 1 atom stereocenters. The molecule has 7 heterocycles. The van der Waals surface area contributed by atoms with Crippen molar-refractivity contribution in [1.82, 2.24) is 35.1 Å². The minimum atomic E-state index is -3.71. The molecule has 4 fully saturated rings. The van der Waals surface area contributed by atoms with E-state index in [1.165, 1.54) is 17.4 Å². The average Bonchev–Trinajstić information content (AvgIpc) is 3.71. The number of likely N-dealkylation sites (tertiary alicyclic amines) is 2. The lowest BCUT2D eigenvalue weighted by Gasteiger charge is -2.38. The van der Waals surface area contributed by atoms with Gasteiger partial charge in [0.15, 0.2) is 5.82 Å². The van der Waals surface area contributed by atoms with Crippen molar-refractivity contribution in [3.63, 3.8) is 0 Å². The van der Waals surface area contributed by atoms with E-state index in [0.29, 0.717) is 53.8 Å². The van der Waals surface area contributed by atoms with Gasteiger partial charge in [0.05, 0.1) is 38.6 Å². The van der Waals surface area contributed by atoms with Crippen molar-refractivity contribution in [1.29, 1.82) is 0 Å². The monoisotopic (exact) mass is 886 g/mol. The maximum atomic E-state index is 16.1. The molecular weight excluding hydrogens is 832 g/mol. The molecule has 330 valence electrons. The molecule has 8 rings (SSSR count). The molecular formula is C44H55FN10O5S2. The lowest BCUT2D eigenvalue weighted by atomic mass is 9.90. The Labute approximate surface area is 366 Å². The van der Waals surface area contributed by atoms with Gasteiger partial charge in [0, 0.05) is 69.4 Å². The summed E-state index contributed by atoms with van der Waals surface area (Å²) in [5.74, 6) is 0.642. The van der Waals surface area contributed by atoms with Gasteiger partial charge in [-0.1, -0.05) is 19.1 Å². The normalized spacial score (nSPS) is 20.1. The van der Waals surface area contributed by atoms with Crippen LogP contribution < -0.4 is 20.7 Å². The van der Waals surface area contributed by atoms with Crippen molar-refractivity contribution >= 4 is 56.5 Å². The van der Waals surface area contributed by atoms with Gasteiger partial charge >= 0.3 is 0 Å². The molecule has 15 nitrogen and oxygen atoms in total. The second kappa shape index (κ2) is 19.1. The average molecular weight is 887 g/mol. The minimum Gasteiger partial charge on any atom is -0.368 e. The Morgan fingerprint density at radius 3 is 2.39 bits per heavy atom. The van der Waals surface area contributed by atoms with Crippen molar-refractivity contribution in [2.75, 3.05) is 66.9 Å². The first-order valence-corrected chi connectivity index (χ1v) is 24.3. The van der Waals surface area contributed by atoms with Gasteiger partial charge in [-0.3, -0.25) is 24.4 Å². The number of piperidine rings is 4. The maximum Gasteiger partial charge on any atom is 0.234 e. The molecule has 4 aromatic rings. The predicted molar refractivity (Wildman–Crippen MR) is 237 cm³/mol. The van der Waals surface area contributed by atoms with Crippen molar-refractivity contribution in [2.24, 2.45) is 11.8 Å². The summed E-state index contributed by atoms with van der Waals surface area (Å²) in [6.07, 6.45) is 10.8. The van der Waals surface area contributed by atoms with E-state index >= 15 is 4.39 Å². The van der Waals surface area contributed by atoms with Crippen molar-refractivity contribution in [2.45, 2.75) is 83.0 Å². The number of sulfonamides is 1. The third-order valence-corrected chi connectivity index (χ3v) is 15.5. The highest BCUT2D eigenvalue weighted by atomic mass is 32.2. The number of benzene rings is 1. The molecule has 3 aromatic heterocycles. The second-order valence-corrected chi connectivity index (χ2v) is 20.0. The fourth-order valence-electron chi connectivity index (χ4n) is 9.29. The van der Waals surface area contributed by atoms with Gasteiger partial charge in [0.2, 0.25) is 33.7 Å². The number of pyridine rings is 1. The third-order valence-electron chi connectivity index (χ3n) is 12.8. The summed E-state index contributed by atoms with van der Waals surface area (Å²) in [5.41, 5.74) is 7.79. The molecule has 0 saturated carbocycles. The van der Waals surface area contributed by atoms with Crippen molar-refractivity contribution in [3.8, 4) is 21.8 Å². The Bertz CT molecular complexity index is 2360. The van der Waals surface area contributed by atoms with E-state index in [1.54, 1.807) is 37.5 Å². The Balaban J connectivity index is 0.807. The Hall–Kier alpha value is -5.07. The van der Waals surface area contributed by atoms with E-state index in [-0.39, 0.29) is 52.5 Å². The SMILES string of the molecule is CCCS(=O)(=O)Nc1cccc(-c2nc(C3CCN(CC4CCN(C(=O)CC5CCN(c6ccc([C@H]7CCC(=O)NC7=O)cn6)CC5)CC4)CC3)sc2-c2ccnc(N)n2)c1F. The second-order valence-electron chi connectivity index (χ2n) is 17.1. The maximum absolute atomic E-state index is 16.1. The number of aromatic nitrogens is 4. The van der Waals surface area contributed by atoms with Crippen LogP contribution in [0.3, 0.4) is 0 Å². The zero-order chi connectivity index (χ0) is 43.4. The lowest BCUT2D eigenvalue weighted by molar-refractivity contribution is -0.135. The van der Waals surface area contributed by atoms with Crippen molar-refractivity contribution in [3.05, 3.63) is 65.2 Å². The van der Waals surface area contributed by atoms with E-state index in [2.05, 4.69) is 39.7 Å². The van der Waals surface area contributed by atoms with E-state index in [1.807, 2.05) is 12.1 Å². The first kappa shape index (κ1) is 43.6. The van der Waals surface area contributed by atoms with Crippen LogP contribution in [0.5, 0.6) is 0 Å². The molecule has 0 radical (unpaired) electrons. The number of rotatable bonds is 13. The summed E-state index contributed by atoms with van der Waals surface area (Å²) in [6.45, 7) is 7.82. The van der Waals surface area contributed by atoms with Crippen LogP contribution in [0, 0.1) is 17.7 Å². The summed E-state index contributed by atoms with van der Waals surface area (Å²) < 4.78 is 43.5. The molecule has 0 aliphatic carbocycles. The number of anilines is 3. The highest BCUT2D eigenvalue weighted by Gasteiger charge is 2.32. The first-order chi connectivity index (χ1) is 29.9. The molecule has 0 spiro atoms. The number of carbonyl (C=O) groups excluding carboxylic acids is 3. The number of amides is 3.